The second-order valence-electron chi connectivity index (χ2n) is 6.14. The Morgan fingerprint density at radius 2 is 1.88 bits per heavy atom. The number of carbonyl (C=O) groups is 1. The first-order chi connectivity index (χ1) is 7.93. The minimum Gasteiger partial charge on any atom is -0.388 e. The van der Waals surface area contributed by atoms with Crippen LogP contribution in [0.5, 0.6) is 0 Å². The quantitative estimate of drug-likeness (QED) is 0.711. The first-order valence-corrected chi connectivity index (χ1v) is 6.66. The minimum absolute atomic E-state index is 0.224. The molecule has 0 aromatic carbocycles. The molecule has 98 valence electrons. The van der Waals surface area contributed by atoms with Crippen molar-refractivity contribution in [1.82, 2.24) is 10.2 Å². The van der Waals surface area contributed by atoms with Gasteiger partial charge in [0, 0.05) is 18.5 Å². The maximum Gasteiger partial charge on any atom is 0.228 e. The summed E-state index contributed by atoms with van der Waals surface area (Å²) in [4.78, 5) is 14.4. The topological polar surface area (TPSA) is 52.6 Å². The molecule has 2 saturated heterocycles. The van der Waals surface area contributed by atoms with Gasteiger partial charge in [-0.25, -0.2) is 0 Å². The molecule has 0 aromatic heterocycles. The van der Waals surface area contributed by atoms with Gasteiger partial charge in [0.2, 0.25) is 5.91 Å². The second kappa shape index (κ2) is 4.58. The molecule has 0 spiro atoms. The van der Waals surface area contributed by atoms with Crippen LogP contribution in [-0.2, 0) is 4.79 Å². The molecule has 2 rings (SSSR count). The number of rotatable bonds is 1. The lowest BCUT2D eigenvalue weighted by Crippen LogP contribution is -2.54. The molecule has 4 heteroatoms. The Hall–Kier alpha value is -0.610. The molecule has 2 aliphatic rings. The molecular formula is C13H24N2O2. The third-order valence-corrected chi connectivity index (χ3v) is 4.19. The normalized spacial score (nSPS) is 33.5. The van der Waals surface area contributed by atoms with Crippen molar-refractivity contribution >= 4 is 5.91 Å². The summed E-state index contributed by atoms with van der Waals surface area (Å²) in [6.07, 6.45) is 3.52. The summed E-state index contributed by atoms with van der Waals surface area (Å²) in [5.41, 5.74) is -0.921. The monoisotopic (exact) mass is 240 g/mol. The second-order valence-corrected chi connectivity index (χ2v) is 6.14. The average Bonchev–Trinajstić information content (AvgIpc) is 2.27. The Morgan fingerprint density at radius 3 is 2.47 bits per heavy atom. The van der Waals surface area contributed by atoms with Gasteiger partial charge in [0.1, 0.15) is 0 Å². The van der Waals surface area contributed by atoms with E-state index in [1.165, 1.54) is 0 Å². The standard InChI is InChI=1S/C13H24N2O2/c1-12(5-7-14-8-6-12)11(16)15-9-3-4-13(2,17)10-15/h14,17H,3-10H2,1-2H3. The van der Waals surface area contributed by atoms with Crippen molar-refractivity contribution in [3.8, 4) is 0 Å². The largest absolute Gasteiger partial charge is 0.388 e. The van der Waals surface area contributed by atoms with Crippen LogP contribution in [-0.4, -0.2) is 47.7 Å². The van der Waals surface area contributed by atoms with E-state index < -0.39 is 5.60 Å². The van der Waals surface area contributed by atoms with Crippen molar-refractivity contribution in [2.75, 3.05) is 26.2 Å². The van der Waals surface area contributed by atoms with Crippen LogP contribution < -0.4 is 5.32 Å². The van der Waals surface area contributed by atoms with Gasteiger partial charge in [0.05, 0.1) is 5.60 Å². The molecule has 17 heavy (non-hydrogen) atoms. The molecule has 2 heterocycles. The van der Waals surface area contributed by atoms with Crippen LogP contribution in [0.4, 0.5) is 0 Å². The zero-order valence-electron chi connectivity index (χ0n) is 11.0. The summed E-state index contributed by atoms with van der Waals surface area (Å²) < 4.78 is 0. The van der Waals surface area contributed by atoms with Gasteiger partial charge in [-0.2, -0.15) is 0 Å². The van der Waals surface area contributed by atoms with Crippen LogP contribution >= 0.6 is 0 Å². The number of likely N-dealkylation sites (tertiary alicyclic amines) is 1. The Bertz CT molecular complexity index is 296. The maximum atomic E-state index is 12.5. The van der Waals surface area contributed by atoms with E-state index >= 15 is 0 Å². The van der Waals surface area contributed by atoms with E-state index in [2.05, 4.69) is 12.2 Å². The number of nitrogens with one attached hydrogen (secondary N) is 1. The van der Waals surface area contributed by atoms with Crippen LogP contribution in [0.25, 0.3) is 0 Å². The molecule has 1 amide bonds. The summed E-state index contributed by atoms with van der Waals surface area (Å²) in [6, 6.07) is 0. The predicted octanol–water partition coefficient (Wildman–Crippen LogP) is 0.749. The number of amides is 1. The van der Waals surface area contributed by atoms with E-state index in [0.29, 0.717) is 6.54 Å². The number of nitrogens with zero attached hydrogens (tertiary/aromatic N) is 1. The molecule has 0 aromatic rings. The fraction of sp³-hybridized carbons (Fsp3) is 0.923. The van der Waals surface area contributed by atoms with Gasteiger partial charge in [-0.05, 0) is 45.7 Å². The molecular weight excluding hydrogens is 216 g/mol. The fourth-order valence-electron chi connectivity index (χ4n) is 2.97. The van der Waals surface area contributed by atoms with E-state index in [0.717, 1.165) is 45.3 Å². The molecule has 4 nitrogen and oxygen atoms in total. The predicted molar refractivity (Wildman–Crippen MR) is 66.6 cm³/mol. The van der Waals surface area contributed by atoms with Crippen LogP contribution in [0, 0.1) is 5.41 Å². The van der Waals surface area contributed by atoms with Crippen LogP contribution in [0.2, 0.25) is 0 Å². The molecule has 2 N–H and O–H groups in total. The van der Waals surface area contributed by atoms with Crippen molar-refractivity contribution in [3.05, 3.63) is 0 Å². The Kier molecular flexibility index (Phi) is 3.46. The highest BCUT2D eigenvalue weighted by Gasteiger charge is 2.40. The molecule has 1 atom stereocenters. The van der Waals surface area contributed by atoms with Gasteiger partial charge in [-0.3, -0.25) is 4.79 Å². The van der Waals surface area contributed by atoms with E-state index in [1.807, 2.05) is 11.8 Å². The SMILES string of the molecule is CC1(O)CCCN(C(=O)C2(C)CCNCC2)C1. The summed E-state index contributed by atoms with van der Waals surface area (Å²) >= 11 is 0. The van der Waals surface area contributed by atoms with Gasteiger partial charge in [-0.1, -0.05) is 6.92 Å². The molecule has 2 aliphatic heterocycles. The number of β-amino-alcohol motifs (C(OH)–C–C–N with tert-alkyl or cyclic N) is 1. The summed E-state index contributed by atoms with van der Waals surface area (Å²) in [6.45, 7) is 7.04. The van der Waals surface area contributed by atoms with Crippen molar-refractivity contribution < 1.29 is 9.90 Å². The Labute approximate surface area is 103 Å². The van der Waals surface area contributed by atoms with E-state index in [-0.39, 0.29) is 11.3 Å². The van der Waals surface area contributed by atoms with Gasteiger partial charge >= 0.3 is 0 Å². The van der Waals surface area contributed by atoms with E-state index in [9.17, 15) is 9.90 Å². The van der Waals surface area contributed by atoms with Gasteiger partial charge < -0.3 is 15.3 Å². The zero-order chi connectivity index (χ0) is 12.5. The number of hydrogen-bond acceptors (Lipinski definition) is 3. The van der Waals surface area contributed by atoms with Gasteiger partial charge in [-0.15, -0.1) is 0 Å². The minimum atomic E-state index is -0.697. The first kappa shape index (κ1) is 12.8. The molecule has 0 saturated carbocycles. The number of piperidine rings is 2. The van der Waals surface area contributed by atoms with Gasteiger partial charge in [0.25, 0.3) is 0 Å². The van der Waals surface area contributed by atoms with E-state index in [4.69, 9.17) is 0 Å². The third kappa shape index (κ3) is 2.80. The third-order valence-electron chi connectivity index (χ3n) is 4.19. The summed E-state index contributed by atoms with van der Waals surface area (Å²) in [5.74, 6) is 0.235. The van der Waals surface area contributed by atoms with E-state index in [1.54, 1.807) is 0 Å². The average molecular weight is 240 g/mol. The smallest absolute Gasteiger partial charge is 0.228 e. The lowest BCUT2D eigenvalue weighted by Gasteiger charge is -2.42. The van der Waals surface area contributed by atoms with Gasteiger partial charge in [0.15, 0.2) is 0 Å². The Morgan fingerprint density at radius 1 is 1.24 bits per heavy atom. The van der Waals surface area contributed by atoms with Crippen molar-refractivity contribution in [2.24, 2.45) is 5.41 Å². The van der Waals surface area contributed by atoms with Crippen LogP contribution in [0.1, 0.15) is 39.5 Å². The molecule has 1 unspecified atom stereocenters. The highest BCUT2D eigenvalue weighted by Crippen LogP contribution is 2.32. The first-order valence-electron chi connectivity index (χ1n) is 6.66. The summed E-state index contributed by atoms with van der Waals surface area (Å²) in [7, 11) is 0. The maximum absolute atomic E-state index is 12.5. The molecule has 0 bridgehead atoms. The van der Waals surface area contributed by atoms with Crippen LogP contribution in [0.3, 0.4) is 0 Å². The number of hydrogen-bond donors (Lipinski definition) is 2. The Balaban J connectivity index is 2.03. The zero-order valence-corrected chi connectivity index (χ0v) is 11.0. The highest BCUT2D eigenvalue weighted by molar-refractivity contribution is 5.82. The highest BCUT2D eigenvalue weighted by atomic mass is 16.3. The fourth-order valence-corrected chi connectivity index (χ4v) is 2.97. The van der Waals surface area contributed by atoms with Crippen molar-refractivity contribution in [2.45, 2.75) is 45.1 Å². The lowest BCUT2D eigenvalue weighted by molar-refractivity contribution is -0.149. The summed E-state index contributed by atoms with van der Waals surface area (Å²) in [5, 5.41) is 13.4. The van der Waals surface area contributed by atoms with Crippen molar-refractivity contribution in [1.29, 1.82) is 0 Å². The molecule has 0 radical (unpaired) electrons. The molecule has 2 fully saturated rings. The van der Waals surface area contributed by atoms with Crippen LogP contribution in [0.15, 0.2) is 0 Å². The number of carbonyl (C=O) groups excluding carboxylic acids is 1. The molecule has 0 aliphatic carbocycles. The van der Waals surface area contributed by atoms with Crippen molar-refractivity contribution in [3.63, 3.8) is 0 Å². The lowest BCUT2D eigenvalue weighted by atomic mass is 9.79. The number of aliphatic hydroxyl groups is 1.